The number of nitrogens with one attached hydrogen (secondary N) is 2. The second-order valence-corrected chi connectivity index (χ2v) is 6.57. The molecule has 0 unspecified atom stereocenters. The van der Waals surface area contributed by atoms with Crippen molar-refractivity contribution in [1.29, 1.82) is 0 Å². The molecule has 0 saturated heterocycles. The number of rotatable bonds is 8. The summed E-state index contributed by atoms with van der Waals surface area (Å²) in [5.41, 5.74) is 0.668. The lowest BCUT2D eigenvalue weighted by molar-refractivity contribution is 0.0268. The third kappa shape index (κ3) is 7.22. The van der Waals surface area contributed by atoms with Crippen molar-refractivity contribution in [1.82, 2.24) is 15.6 Å². The first kappa shape index (κ1) is 20.6. The van der Waals surface area contributed by atoms with Crippen molar-refractivity contribution in [2.24, 2.45) is 4.99 Å². The molecule has 0 amide bonds. The lowest BCUT2D eigenvalue weighted by Gasteiger charge is -2.24. The molecule has 0 saturated carbocycles. The summed E-state index contributed by atoms with van der Waals surface area (Å²) in [7, 11) is 1.69. The highest BCUT2D eigenvalue weighted by Gasteiger charge is 2.16. The first-order valence-corrected chi connectivity index (χ1v) is 8.87. The number of halogens is 1. The molecule has 0 atom stereocenters. The summed E-state index contributed by atoms with van der Waals surface area (Å²) in [6.07, 6.45) is 1.71. The normalized spacial score (nSPS) is 12.0. The van der Waals surface area contributed by atoms with Crippen LogP contribution in [0.25, 0.3) is 0 Å². The molecule has 1 heterocycles. The molecular weight excluding hydrogens is 347 g/mol. The van der Waals surface area contributed by atoms with E-state index in [4.69, 9.17) is 9.47 Å². The van der Waals surface area contributed by atoms with Crippen LogP contribution in [-0.4, -0.2) is 36.7 Å². The van der Waals surface area contributed by atoms with E-state index in [1.165, 1.54) is 12.1 Å². The predicted octanol–water partition coefficient (Wildman–Crippen LogP) is 3.49. The van der Waals surface area contributed by atoms with Crippen LogP contribution >= 0.6 is 0 Å². The number of nitrogens with zero attached hydrogens (tertiary/aromatic N) is 2. The van der Waals surface area contributed by atoms with Gasteiger partial charge in [0.25, 0.3) is 0 Å². The van der Waals surface area contributed by atoms with Crippen LogP contribution in [0.1, 0.15) is 26.3 Å². The minimum atomic E-state index is -0.303. The zero-order valence-electron chi connectivity index (χ0n) is 16.3. The second kappa shape index (κ2) is 9.87. The molecule has 0 bridgehead atoms. The van der Waals surface area contributed by atoms with Crippen LogP contribution in [0.2, 0.25) is 0 Å². The molecule has 0 aliphatic rings. The Balaban J connectivity index is 1.94. The molecule has 2 N–H and O–H groups in total. The monoisotopic (exact) mass is 374 g/mol. The number of ether oxygens (including phenoxy) is 2. The highest BCUT2D eigenvalue weighted by Crippen LogP contribution is 2.19. The average molecular weight is 374 g/mol. The first-order chi connectivity index (χ1) is 12.9. The van der Waals surface area contributed by atoms with Crippen molar-refractivity contribution in [3.63, 3.8) is 0 Å². The lowest BCUT2D eigenvalue weighted by atomic mass is 10.1. The standard InChI is InChI=1S/C20H27FN4O2/c1-5-22-19(25-14-20(2,3)26-4)24-13-15-6-11-18(23-12-15)27-17-9-7-16(21)8-10-17/h6-12H,5,13-14H2,1-4H3,(H2,22,24,25). The fraction of sp³-hybridized carbons (Fsp3) is 0.400. The SMILES string of the molecule is CCNC(=NCc1ccc(Oc2ccc(F)cc2)nc1)NCC(C)(C)OC. The summed E-state index contributed by atoms with van der Waals surface area (Å²) in [5.74, 6) is 1.40. The van der Waals surface area contributed by atoms with E-state index < -0.39 is 0 Å². The lowest BCUT2D eigenvalue weighted by Crippen LogP contribution is -2.45. The zero-order valence-corrected chi connectivity index (χ0v) is 16.3. The number of hydrogen-bond acceptors (Lipinski definition) is 4. The van der Waals surface area contributed by atoms with Crippen molar-refractivity contribution >= 4 is 5.96 Å². The molecule has 1 aromatic carbocycles. The second-order valence-electron chi connectivity index (χ2n) is 6.57. The topological polar surface area (TPSA) is 67.8 Å². The number of methoxy groups -OCH3 is 1. The highest BCUT2D eigenvalue weighted by molar-refractivity contribution is 5.79. The van der Waals surface area contributed by atoms with E-state index in [9.17, 15) is 4.39 Å². The van der Waals surface area contributed by atoms with E-state index in [0.29, 0.717) is 30.7 Å². The van der Waals surface area contributed by atoms with Gasteiger partial charge >= 0.3 is 0 Å². The summed E-state index contributed by atoms with van der Waals surface area (Å²) in [6, 6.07) is 9.48. The summed E-state index contributed by atoms with van der Waals surface area (Å²) in [5, 5.41) is 6.47. The quantitative estimate of drug-likeness (QED) is 0.547. The molecular formula is C20H27FN4O2. The number of aromatic nitrogens is 1. The Morgan fingerprint density at radius 2 is 1.89 bits per heavy atom. The number of aliphatic imine (C=N–C) groups is 1. The van der Waals surface area contributed by atoms with Crippen molar-refractivity contribution in [2.45, 2.75) is 32.9 Å². The maximum Gasteiger partial charge on any atom is 0.219 e. The maximum atomic E-state index is 12.9. The Bertz CT molecular complexity index is 731. The van der Waals surface area contributed by atoms with Crippen LogP contribution in [0.15, 0.2) is 47.6 Å². The largest absolute Gasteiger partial charge is 0.439 e. The van der Waals surface area contributed by atoms with Gasteiger partial charge in [-0.25, -0.2) is 14.4 Å². The number of hydrogen-bond donors (Lipinski definition) is 2. The van der Waals surface area contributed by atoms with Crippen LogP contribution in [0.3, 0.4) is 0 Å². The Labute approximate surface area is 159 Å². The summed E-state index contributed by atoms with van der Waals surface area (Å²) < 4.78 is 23.9. The number of pyridine rings is 1. The minimum Gasteiger partial charge on any atom is -0.439 e. The fourth-order valence-electron chi connectivity index (χ4n) is 2.07. The molecule has 2 rings (SSSR count). The van der Waals surface area contributed by atoms with Crippen LogP contribution < -0.4 is 15.4 Å². The molecule has 2 aromatic rings. The number of benzene rings is 1. The molecule has 0 aliphatic heterocycles. The van der Waals surface area contributed by atoms with Crippen LogP contribution in [0.5, 0.6) is 11.6 Å². The average Bonchev–Trinajstić information content (AvgIpc) is 2.67. The van der Waals surface area contributed by atoms with E-state index in [1.807, 2.05) is 26.8 Å². The molecule has 7 heteroatoms. The van der Waals surface area contributed by atoms with Gasteiger partial charge in [0.1, 0.15) is 11.6 Å². The molecule has 27 heavy (non-hydrogen) atoms. The molecule has 6 nitrogen and oxygen atoms in total. The van der Waals surface area contributed by atoms with Gasteiger partial charge in [-0.3, -0.25) is 0 Å². The zero-order chi connectivity index (χ0) is 19.7. The van der Waals surface area contributed by atoms with Gasteiger partial charge in [-0.2, -0.15) is 0 Å². The maximum absolute atomic E-state index is 12.9. The van der Waals surface area contributed by atoms with E-state index in [2.05, 4.69) is 20.6 Å². The van der Waals surface area contributed by atoms with E-state index in [1.54, 1.807) is 31.5 Å². The van der Waals surface area contributed by atoms with Crippen molar-refractivity contribution in [3.05, 3.63) is 54.0 Å². The number of guanidine groups is 1. The van der Waals surface area contributed by atoms with E-state index in [0.717, 1.165) is 12.1 Å². The molecule has 0 radical (unpaired) electrons. The summed E-state index contributed by atoms with van der Waals surface area (Å²) in [4.78, 5) is 8.83. The molecule has 0 aliphatic carbocycles. The van der Waals surface area contributed by atoms with E-state index >= 15 is 0 Å². The Kier molecular flexibility index (Phi) is 7.55. The van der Waals surface area contributed by atoms with Gasteiger partial charge in [-0.05, 0) is 50.6 Å². The van der Waals surface area contributed by atoms with Crippen LogP contribution in [0.4, 0.5) is 4.39 Å². The van der Waals surface area contributed by atoms with Gasteiger partial charge in [0.2, 0.25) is 5.88 Å². The fourth-order valence-corrected chi connectivity index (χ4v) is 2.07. The molecule has 0 fully saturated rings. The van der Waals surface area contributed by atoms with Crippen LogP contribution in [-0.2, 0) is 11.3 Å². The Hall–Kier alpha value is -2.67. The Morgan fingerprint density at radius 3 is 2.48 bits per heavy atom. The van der Waals surface area contributed by atoms with Crippen molar-refractivity contribution in [3.8, 4) is 11.6 Å². The predicted molar refractivity (Wildman–Crippen MR) is 105 cm³/mol. The molecule has 1 aromatic heterocycles. The van der Waals surface area contributed by atoms with Gasteiger partial charge in [0.15, 0.2) is 5.96 Å². The highest BCUT2D eigenvalue weighted by atomic mass is 19.1. The molecule has 146 valence electrons. The van der Waals surface area contributed by atoms with Crippen LogP contribution in [0, 0.1) is 5.82 Å². The third-order valence-corrected chi connectivity index (χ3v) is 3.83. The Morgan fingerprint density at radius 1 is 1.15 bits per heavy atom. The van der Waals surface area contributed by atoms with Gasteiger partial charge in [0.05, 0.1) is 12.1 Å². The van der Waals surface area contributed by atoms with Gasteiger partial charge in [-0.1, -0.05) is 6.07 Å². The van der Waals surface area contributed by atoms with E-state index in [-0.39, 0.29) is 11.4 Å². The third-order valence-electron chi connectivity index (χ3n) is 3.83. The minimum absolute atomic E-state index is 0.281. The van der Waals surface area contributed by atoms with Gasteiger partial charge in [0, 0.05) is 32.5 Å². The smallest absolute Gasteiger partial charge is 0.219 e. The van der Waals surface area contributed by atoms with Crippen molar-refractivity contribution in [2.75, 3.05) is 20.2 Å². The van der Waals surface area contributed by atoms with Gasteiger partial charge < -0.3 is 20.1 Å². The first-order valence-electron chi connectivity index (χ1n) is 8.87. The summed E-state index contributed by atoms with van der Waals surface area (Å²) >= 11 is 0. The van der Waals surface area contributed by atoms with Crippen molar-refractivity contribution < 1.29 is 13.9 Å². The summed E-state index contributed by atoms with van der Waals surface area (Å²) in [6.45, 7) is 7.91. The van der Waals surface area contributed by atoms with Gasteiger partial charge in [-0.15, -0.1) is 0 Å². The molecule has 0 spiro atoms.